The maximum Gasteiger partial charge on any atom is 0.233 e. The van der Waals surface area contributed by atoms with Crippen LogP contribution in [0.1, 0.15) is 32.7 Å². The summed E-state index contributed by atoms with van der Waals surface area (Å²) in [5, 5.41) is 9.54. The Bertz CT molecular complexity index is 1180. The van der Waals surface area contributed by atoms with E-state index >= 15 is 0 Å². The zero-order chi connectivity index (χ0) is 26.4. The summed E-state index contributed by atoms with van der Waals surface area (Å²) in [6, 6.07) is 14.0. The minimum Gasteiger partial charge on any atom is -0.497 e. The molecule has 0 saturated carbocycles. The summed E-state index contributed by atoms with van der Waals surface area (Å²) >= 11 is 1.41. The van der Waals surface area contributed by atoms with Crippen molar-refractivity contribution in [2.45, 2.75) is 38.6 Å². The minimum atomic E-state index is -0.331. The first-order valence-corrected chi connectivity index (χ1v) is 13.5. The normalized spacial score (nSPS) is 14.6. The first-order chi connectivity index (χ1) is 17.8. The average Bonchev–Trinajstić information content (AvgIpc) is 3.29. The first-order valence-electron chi connectivity index (χ1n) is 12.5. The Balaban J connectivity index is 1.36. The summed E-state index contributed by atoms with van der Waals surface area (Å²) in [7, 11) is 1.62. The van der Waals surface area contributed by atoms with E-state index in [0.29, 0.717) is 29.9 Å². The monoisotopic (exact) mass is 527 g/mol. The Labute approximate surface area is 221 Å². The number of hydrogen-bond donors (Lipinski definition) is 0. The molecule has 0 spiro atoms. The van der Waals surface area contributed by atoms with Crippen LogP contribution in [0.2, 0.25) is 0 Å². The van der Waals surface area contributed by atoms with Crippen LogP contribution >= 0.6 is 11.8 Å². The molecule has 1 atom stereocenters. The van der Waals surface area contributed by atoms with E-state index in [1.165, 1.54) is 23.9 Å². The van der Waals surface area contributed by atoms with Crippen LogP contribution in [-0.2, 0) is 11.3 Å². The number of thioether (sulfide) groups is 1. The summed E-state index contributed by atoms with van der Waals surface area (Å²) < 4.78 is 26.7. The molecule has 3 aromatic rings. The number of amides is 1. The van der Waals surface area contributed by atoms with Gasteiger partial charge in [-0.1, -0.05) is 31.7 Å². The van der Waals surface area contributed by atoms with Crippen LogP contribution in [-0.4, -0.2) is 64.6 Å². The van der Waals surface area contributed by atoms with Gasteiger partial charge in [0.25, 0.3) is 0 Å². The quantitative estimate of drug-likeness (QED) is 0.355. The Hall–Kier alpha value is -3.27. The fourth-order valence-electron chi connectivity index (χ4n) is 4.26. The van der Waals surface area contributed by atoms with E-state index < -0.39 is 0 Å². The molecule has 0 aliphatic carbocycles. The van der Waals surface area contributed by atoms with Gasteiger partial charge in [-0.05, 0) is 49.2 Å². The zero-order valence-corrected chi connectivity index (χ0v) is 22.6. The van der Waals surface area contributed by atoms with Gasteiger partial charge in [-0.25, -0.2) is 4.39 Å². The van der Waals surface area contributed by atoms with Crippen molar-refractivity contribution < 1.29 is 18.7 Å². The van der Waals surface area contributed by atoms with Gasteiger partial charge in [0.1, 0.15) is 17.3 Å². The zero-order valence-electron chi connectivity index (χ0n) is 21.8. The van der Waals surface area contributed by atoms with Gasteiger partial charge in [-0.3, -0.25) is 4.79 Å². The molecule has 37 heavy (non-hydrogen) atoms. The summed E-state index contributed by atoms with van der Waals surface area (Å²) in [4.78, 5) is 17.0. The van der Waals surface area contributed by atoms with Crippen molar-refractivity contribution in [2.75, 3.05) is 43.9 Å². The molecule has 1 aliphatic rings. The number of ether oxygens (including phenoxy) is 2. The molecule has 1 aliphatic heterocycles. The van der Waals surface area contributed by atoms with Crippen LogP contribution in [0.25, 0.3) is 0 Å². The van der Waals surface area contributed by atoms with Gasteiger partial charge in [0.05, 0.1) is 12.9 Å². The minimum absolute atomic E-state index is 0.0742. The predicted molar refractivity (Wildman–Crippen MR) is 143 cm³/mol. The number of carbonyl (C=O) groups excluding carboxylic acids is 1. The lowest BCUT2D eigenvalue weighted by molar-refractivity contribution is -0.128. The topological polar surface area (TPSA) is 72.7 Å². The maximum absolute atomic E-state index is 13.2. The molecule has 1 unspecified atom stereocenters. The van der Waals surface area contributed by atoms with E-state index in [4.69, 9.17) is 9.47 Å². The Morgan fingerprint density at radius 1 is 1.03 bits per heavy atom. The number of carbonyl (C=O) groups is 1. The number of benzene rings is 2. The number of rotatable bonds is 10. The Kier molecular flexibility index (Phi) is 8.91. The van der Waals surface area contributed by atoms with E-state index in [-0.39, 0.29) is 23.6 Å². The highest BCUT2D eigenvalue weighted by molar-refractivity contribution is 7.99. The van der Waals surface area contributed by atoms with Crippen molar-refractivity contribution in [1.29, 1.82) is 0 Å². The van der Waals surface area contributed by atoms with E-state index in [1.807, 2.05) is 36.1 Å². The van der Waals surface area contributed by atoms with Gasteiger partial charge in [0.15, 0.2) is 17.1 Å². The summed E-state index contributed by atoms with van der Waals surface area (Å²) in [5.74, 6) is 2.62. The van der Waals surface area contributed by atoms with Gasteiger partial charge in [-0.15, -0.1) is 10.2 Å². The molecule has 0 radical (unpaired) electrons. The standard InChI is InChI=1S/C27H34FN5O3S/c1-19(2)17-33-26(20(3)36-24-7-5-6-23(16-24)35-4)29-30-27(33)37-18-25(34)32-14-12-31(13-15-32)22-10-8-21(28)9-11-22/h5-11,16,19-20H,12-15,17-18H2,1-4H3. The van der Waals surface area contributed by atoms with Crippen LogP contribution in [0, 0.1) is 11.7 Å². The molecule has 0 bridgehead atoms. The fraction of sp³-hybridized carbons (Fsp3) is 0.444. The highest BCUT2D eigenvalue weighted by atomic mass is 32.2. The van der Waals surface area contributed by atoms with E-state index in [2.05, 4.69) is 33.5 Å². The van der Waals surface area contributed by atoms with Crippen molar-refractivity contribution in [3.05, 3.63) is 60.2 Å². The Morgan fingerprint density at radius 2 is 1.73 bits per heavy atom. The lowest BCUT2D eigenvalue weighted by Crippen LogP contribution is -2.49. The smallest absolute Gasteiger partial charge is 0.233 e. The third kappa shape index (κ3) is 6.94. The summed E-state index contributed by atoms with van der Waals surface area (Å²) in [5.41, 5.74) is 0.975. The second-order valence-corrected chi connectivity index (χ2v) is 10.4. The van der Waals surface area contributed by atoms with Gasteiger partial charge in [0, 0.05) is 44.5 Å². The number of methoxy groups -OCH3 is 1. The molecule has 198 valence electrons. The molecule has 4 rings (SSSR count). The van der Waals surface area contributed by atoms with Crippen LogP contribution in [0.15, 0.2) is 53.7 Å². The lowest BCUT2D eigenvalue weighted by Gasteiger charge is -2.36. The largest absolute Gasteiger partial charge is 0.497 e. The van der Waals surface area contributed by atoms with E-state index in [9.17, 15) is 9.18 Å². The molecule has 0 N–H and O–H groups in total. The molecule has 8 nitrogen and oxygen atoms in total. The van der Waals surface area contributed by atoms with Crippen LogP contribution in [0.5, 0.6) is 11.5 Å². The summed E-state index contributed by atoms with van der Waals surface area (Å²) in [6.07, 6.45) is -0.331. The molecular formula is C27H34FN5O3S. The van der Waals surface area contributed by atoms with Crippen LogP contribution in [0.4, 0.5) is 10.1 Å². The van der Waals surface area contributed by atoms with Crippen LogP contribution < -0.4 is 14.4 Å². The Morgan fingerprint density at radius 3 is 2.41 bits per heavy atom. The molecule has 1 saturated heterocycles. The van der Waals surface area contributed by atoms with E-state index in [1.54, 1.807) is 19.2 Å². The second-order valence-electron chi connectivity index (χ2n) is 9.42. The van der Waals surface area contributed by atoms with Crippen molar-refractivity contribution >= 4 is 23.4 Å². The molecule has 1 amide bonds. The second kappa shape index (κ2) is 12.3. The molecule has 2 heterocycles. The number of anilines is 1. The highest BCUT2D eigenvalue weighted by Gasteiger charge is 2.24. The van der Waals surface area contributed by atoms with E-state index in [0.717, 1.165) is 36.9 Å². The number of aromatic nitrogens is 3. The van der Waals surface area contributed by atoms with Gasteiger partial charge in [0.2, 0.25) is 5.91 Å². The molecule has 2 aromatic carbocycles. The average molecular weight is 528 g/mol. The SMILES string of the molecule is COc1cccc(OC(C)c2nnc(SCC(=O)N3CCN(c4ccc(F)cc4)CC3)n2CC(C)C)c1. The van der Waals surface area contributed by atoms with Crippen molar-refractivity contribution in [3.8, 4) is 11.5 Å². The van der Waals surface area contributed by atoms with Crippen molar-refractivity contribution in [3.63, 3.8) is 0 Å². The van der Waals surface area contributed by atoms with Crippen molar-refractivity contribution in [2.24, 2.45) is 5.92 Å². The number of nitrogens with zero attached hydrogens (tertiary/aromatic N) is 5. The fourth-order valence-corrected chi connectivity index (χ4v) is 5.12. The van der Waals surface area contributed by atoms with Gasteiger partial charge < -0.3 is 23.8 Å². The third-order valence-electron chi connectivity index (χ3n) is 6.16. The van der Waals surface area contributed by atoms with Gasteiger partial charge >= 0.3 is 0 Å². The van der Waals surface area contributed by atoms with Gasteiger partial charge in [-0.2, -0.15) is 0 Å². The molecule has 10 heteroatoms. The molecule has 1 aromatic heterocycles. The molecular weight excluding hydrogens is 493 g/mol. The lowest BCUT2D eigenvalue weighted by atomic mass is 10.2. The molecule has 1 fully saturated rings. The van der Waals surface area contributed by atoms with Crippen LogP contribution in [0.3, 0.4) is 0 Å². The summed E-state index contributed by atoms with van der Waals surface area (Å²) in [6.45, 7) is 9.64. The number of halogens is 1. The first kappa shape index (κ1) is 26.8. The number of piperazine rings is 1. The highest BCUT2D eigenvalue weighted by Crippen LogP contribution is 2.28. The predicted octanol–water partition coefficient (Wildman–Crippen LogP) is 4.66. The number of hydrogen-bond acceptors (Lipinski definition) is 7. The maximum atomic E-state index is 13.2. The third-order valence-corrected chi connectivity index (χ3v) is 7.11. The van der Waals surface area contributed by atoms with Crippen molar-refractivity contribution in [1.82, 2.24) is 19.7 Å².